The molecule has 3 aromatic rings. The quantitative estimate of drug-likeness (QED) is 0.372. The molecule has 0 aliphatic heterocycles. The van der Waals surface area contributed by atoms with E-state index >= 15 is 0 Å². The summed E-state index contributed by atoms with van der Waals surface area (Å²) in [6.07, 6.45) is 2.50. The highest BCUT2D eigenvalue weighted by molar-refractivity contribution is 7.98. The molecule has 8 heteroatoms. The summed E-state index contributed by atoms with van der Waals surface area (Å²) >= 11 is 1.65. The van der Waals surface area contributed by atoms with Crippen molar-refractivity contribution in [1.82, 2.24) is 9.62 Å². The van der Waals surface area contributed by atoms with Crippen molar-refractivity contribution in [1.29, 1.82) is 0 Å². The second kappa shape index (κ2) is 12.2. The van der Waals surface area contributed by atoms with E-state index in [-0.39, 0.29) is 29.9 Å². The highest BCUT2D eigenvalue weighted by Crippen LogP contribution is 2.24. The van der Waals surface area contributed by atoms with Crippen LogP contribution in [-0.2, 0) is 21.2 Å². The van der Waals surface area contributed by atoms with Gasteiger partial charge >= 0.3 is 0 Å². The van der Waals surface area contributed by atoms with Crippen LogP contribution in [0.4, 0.5) is 0 Å². The predicted molar refractivity (Wildman–Crippen MR) is 141 cm³/mol. The molecule has 1 amide bonds. The Morgan fingerprint density at radius 2 is 1.74 bits per heavy atom. The Morgan fingerprint density at radius 1 is 1.06 bits per heavy atom. The summed E-state index contributed by atoms with van der Waals surface area (Å²) in [5, 5.41) is 2.94. The molecule has 0 aliphatic rings. The second-order valence-electron chi connectivity index (χ2n) is 8.27. The number of carbonyl (C=O) groups is 1. The molecule has 1 N–H and O–H groups in total. The summed E-state index contributed by atoms with van der Waals surface area (Å²) in [7, 11) is -2.36. The molecule has 1 atom stereocenters. The van der Waals surface area contributed by atoms with Gasteiger partial charge in [0.25, 0.3) is 0 Å². The van der Waals surface area contributed by atoms with Gasteiger partial charge in [-0.05, 0) is 73.5 Å². The summed E-state index contributed by atoms with van der Waals surface area (Å²) in [6.45, 7) is 3.60. The first-order chi connectivity index (χ1) is 16.7. The van der Waals surface area contributed by atoms with Crippen molar-refractivity contribution < 1.29 is 17.9 Å². The number of benzene rings is 3. The average Bonchev–Trinajstić information content (AvgIpc) is 2.86. The first-order valence-electron chi connectivity index (χ1n) is 11.4. The maximum atomic E-state index is 13.6. The third-order valence-electron chi connectivity index (χ3n) is 5.81. The number of aryl methyl sites for hydroxylation is 1. The van der Waals surface area contributed by atoms with Gasteiger partial charge in [0.2, 0.25) is 15.9 Å². The molecule has 0 fully saturated rings. The number of methoxy groups -OCH3 is 1. The number of amides is 1. The molecule has 0 aromatic heterocycles. The number of sulfonamides is 1. The monoisotopic (exact) mass is 512 g/mol. The van der Waals surface area contributed by atoms with Crippen LogP contribution in [0.5, 0.6) is 5.75 Å². The van der Waals surface area contributed by atoms with Crippen molar-refractivity contribution in [2.75, 3.05) is 26.5 Å². The van der Waals surface area contributed by atoms with Crippen molar-refractivity contribution in [2.24, 2.45) is 0 Å². The molecular formula is C27H32N2O4S2. The summed E-state index contributed by atoms with van der Waals surface area (Å²) in [6, 6.07) is 22.1. The Morgan fingerprint density at radius 3 is 2.34 bits per heavy atom. The second-order valence-corrected chi connectivity index (χ2v) is 11.1. The van der Waals surface area contributed by atoms with Crippen LogP contribution in [0.25, 0.3) is 0 Å². The zero-order chi connectivity index (χ0) is 25.4. The van der Waals surface area contributed by atoms with Crippen LogP contribution in [0.3, 0.4) is 0 Å². The van der Waals surface area contributed by atoms with Crippen molar-refractivity contribution >= 4 is 27.7 Å². The zero-order valence-electron chi connectivity index (χ0n) is 20.5. The first kappa shape index (κ1) is 26.8. The van der Waals surface area contributed by atoms with E-state index in [0.29, 0.717) is 17.7 Å². The van der Waals surface area contributed by atoms with Gasteiger partial charge < -0.3 is 10.1 Å². The Kier molecular flexibility index (Phi) is 9.37. The Hall–Kier alpha value is -2.81. The molecule has 0 radical (unpaired) electrons. The van der Waals surface area contributed by atoms with Crippen LogP contribution in [-0.4, -0.2) is 45.1 Å². The number of hydrogen-bond donors (Lipinski definition) is 1. The van der Waals surface area contributed by atoms with Crippen LogP contribution < -0.4 is 10.1 Å². The highest BCUT2D eigenvalue weighted by atomic mass is 32.2. The largest absolute Gasteiger partial charge is 0.496 e. The minimum Gasteiger partial charge on any atom is -0.496 e. The van der Waals surface area contributed by atoms with Crippen molar-refractivity contribution in [3.05, 3.63) is 89.5 Å². The average molecular weight is 513 g/mol. The van der Waals surface area contributed by atoms with E-state index in [1.807, 2.05) is 67.8 Å². The van der Waals surface area contributed by atoms with Gasteiger partial charge in [-0.2, -0.15) is 4.31 Å². The minimum atomic E-state index is -3.91. The number of nitrogens with zero attached hydrogens (tertiary/aromatic N) is 1. The maximum absolute atomic E-state index is 13.6. The van der Waals surface area contributed by atoms with Crippen LogP contribution >= 0.6 is 11.8 Å². The van der Waals surface area contributed by atoms with Crippen LogP contribution in [0, 0.1) is 6.92 Å². The molecule has 0 saturated heterocycles. The number of thioether (sulfide) groups is 1. The Labute approximate surface area is 212 Å². The normalized spacial score (nSPS) is 12.4. The summed E-state index contributed by atoms with van der Waals surface area (Å²) in [5.41, 5.74) is 2.67. The standard InChI is InChI=1S/C27H32N2O4S2/c1-20-18-25(14-15-26(20)33-3)35(31,32)29(17-16-22-8-6-5-7-9-22)19-27(30)28-21(2)23-10-12-24(34-4)13-11-23/h5-15,18,21H,16-17,19H2,1-4H3,(H,28,30)/t21-/m1/s1. The number of nitrogens with one attached hydrogen (secondary N) is 1. The summed E-state index contributed by atoms with van der Waals surface area (Å²) < 4.78 is 33.7. The van der Waals surface area contributed by atoms with Crippen molar-refractivity contribution in [3.8, 4) is 5.75 Å². The topological polar surface area (TPSA) is 75.7 Å². The molecule has 0 unspecified atom stereocenters. The predicted octanol–water partition coefficient (Wildman–Crippen LogP) is 4.84. The van der Waals surface area contributed by atoms with E-state index < -0.39 is 10.0 Å². The lowest BCUT2D eigenvalue weighted by atomic mass is 10.1. The molecule has 35 heavy (non-hydrogen) atoms. The van der Waals surface area contributed by atoms with Gasteiger partial charge in [-0.25, -0.2) is 8.42 Å². The van der Waals surface area contributed by atoms with E-state index in [1.165, 1.54) is 10.4 Å². The van der Waals surface area contributed by atoms with E-state index in [2.05, 4.69) is 5.32 Å². The number of hydrogen-bond acceptors (Lipinski definition) is 5. The molecule has 0 spiro atoms. The van der Waals surface area contributed by atoms with Crippen molar-refractivity contribution in [2.45, 2.75) is 36.1 Å². The van der Waals surface area contributed by atoms with Crippen LogP contribution in [0.1, 0.15) is 29.7 Å². The molecule has 0 saturated carbocycles. The van der Waals surface area contributed by atoms with E-state index in [4.69, 9.17) is 4.74 Å². The molecule has 6 nitrogen and oxygen atoms in total. The number of ether oxygens (including phenoxy) is 1. The number of rotatable bonds is 11. The van der Waals surface area contributed by atoms with Crippen LogP contribution in [0.2, 0.25) is 0 Å². The number of carbonyl (C=O) groups excluding carboxylic acids is 1. The lowest BCUT2D eigenvalue weighted by Gasteiger charge is -2.24. The first-order valence-corrected chi connectivity index (χ1v) is 14.0. The fraction of sp³-hybridized carbons (Fsp3) is 0.296. The van der Waals surface area contributed by atoms with Gasteiger partial charge in [0, 0.05) is 11.4 Å². The molecule has 186 valence electrons. The molecular weight excluding hydrogens is 480 g/mol. The third-order valence-corrected chi connectivity index (χ3v) is 8.39. The minimum absolute atomic E-state index is 0.136. The van der Waals surface area contributed by atoms with E-state index in [9.17, 15) is 13.2 Å². The smallest absolute Gasteiger partial charge is 0.243 e. The SMILES string of the molecule is COc1ccc(S(=O)(=O)N(CCc2ccccc2)CC(=O)N[C@H](C)c2ccc(SC)cc2)cc1C. The summed E-state index contributed by atoms with van der Waals surface area (Å²) in [4.78, 5) is 14.3. The van der Waals surface area contributed by atoms with Gasteiger partial charge in [-0.15, -0.1) is 11.8 Å². The lowest BCUT2D eigenvalue weighted by molar-refractivity contribution is -0.121. The van der Waals surface area contributed by atoms with Crippen molar-refractivity contribution in [3.63, 3.8) is 0 Å². The fourth-order valence-corrected chi connectivity index (χ4v) is 5.66. The zero-order valence-corrected chi connectivity index (χ0v) is 22.2. The van der Waals surface area contributed by atoms with E-state index in [0.717, 1.165) is 16.0 Å². The Bertz CT molecular complexity index is 1230. The van der Waals surface area contributed by atoms with E-state index in [1.54, 1.807) is 37.9 Å². The van der Waals surface area contributed by atoms with Gasteiger partial charge in [0.15, 0.2) is 0 Å². The Balaban J connectivity index is 1.80. The van der Waals surface area contributed by atoms with Crippen LogP contribution in [0.15, 0.2) is 82.6 Å². The molecule has 3 rings (SSSR count). The molecule has 3 aromatic carbocycles. The molecule has 0 aliphatic carbocycles. The maximum Gasteiger partial charge on any atom is 0.243 e. The fourth-order valence-electron chi connectivity index (χ4n) is 3.77. The highest BCUT2D eigenvalue weighted by Gasteiger charge is 2.27. The third kappa shape index (κ3) is 7.10. The van der Waals surface area contributed by atoms with Gasteiger partial charge in [-0.3, -0.25) is 4.79 Å². The van der Waals surface area contributed by atoms with Gasteiger partial charge in [0.1, 0.15) is 5.75 Å². The van der Waals surface area contributed by atoms with Gasteiger partial charge in [0.05, 0.1) is 24.6 Å². The molecule has 0 bridgehead atoms. The molecule has 0 heterocycles. The lowest BCUT2D eigenvalue weighted by Crippen LogP contribution is -2.42. The van der Waals surface area contributed by atoms with Gasteiger partial charge in [-0.1, -0.05) is 42.5 Å². The summed E-state index contributed by atoms with van der Waals surface area (Å²) in [5.74, 6) is 0.257.